The second-order valence-corrected chi connectivity index (χ2v) is 8.65. The number of anilines is 1. The molecule has 0 saturated carbocycles. The van der Waals surface area contributed by atoms with E-state index in [1.807, 2.05) is 30.3 Å². The van der Waals surface area contributed by atoms with Crippen molar-refractivity contribution in [3.05, 3.63) is 99.0 Å². The van der Waals surface area contributed by atoms with Gasteiger partial charge in [0.1, 0.15) is 16.4 Å². The average Bonchev–Trinajstić information content (AvgIpc) is 2.95. The number of phenolic OH excluding ortho intramolecular Hbond substituents is 1. The van der Waals surface area contributed by atoms with E-state index in [0.29, 0.717) is 21.3 Å². The molecule has 0 saturated heterocycles. The lowest BCUT2D eigenvalue weighted by Gasteiger charge is -2.16. The normalized spacial score (nSPS) is 13.8. The van der Waals surface area contributed by atoms with Crippen LogP contribution < -0.4 is 5.32 Å². The molecular formula is C23H16Cl2N2O3S. The van der Waals surface area contributed by atoms with Gasteiger partial charge in [0.05, 0.1) is 6.54 Å². The first-order valence-electron chi connectivity index (χ1n) is 9.26. The van der Waals surface area contributed by atoms with Crippen LogP contribution >= 0.6 is 35.0 Å². The van der Waals surface area contributed by atoms with Crippen LogP contribution in [0.25, 0.3) is 0 Å². The summed E-state index contributed by atoms with van der Waals surface area (Å²) in [6, 6.07) is 20.6. The van der Waals surface area contributed by atoms with Crippen LogP contribution in [0.1, 0.15) is 5.56 Å². The van der Waals surface area contributed by atoms with E-state index in [0.717, 1.165) is 9.80 Å². The summed E-state index contributed by atoms with van der Waals surface area (Å²) in [5.74, 6) is -0.852. The van der Waals surface area contributed by atoms with Crippen LogP contribution in [0.15, 0.2) is 88.3 Å². The molecule has 1 heterocycles. The predicted octanol–water partition coefficient (Wildman–Crippen LogP) is 5.68. The van der Waals surface area contributed by atoms with E-state index in [4.69, 9.17) is 23.2 Å². The van der Waals surface area contributed by atoms with Crippen molar-refractivity contribution in [3.8, 4) is 5.75 Å². The number of aromatic hydroxyl groups is 1. The van der Waals surface area contributed by atoms with Gasteiger partial charge >= 0.3 is 0 Å². The van der Waals surface area contributed by atoms with Gasteiger partial charge in [-0.15, -0.1) is 0 Å². The zero-order chi connectivity index (χ0) is 22.0. The molecular weight excluding hydrogens is 455 g/mol. The Morgan fingerprint density at radius 2 is 1.68 bits per heavy atom. The number of carbonyl (C=O) groups is 2. The van der Waals surface area contributed by atoms with Gasteiger partial charge in [-0.05, 0) is 42.0 Å². The summed E-state index contributed by atoms with van der Waals surface area (Å²) >= 11 is 13.4. The number of phenols is 1. The van der Waals surface area contributed by atoms with Gasteiger partial charge in [0.25, 0.3) is 11.8 Å². The summed E-state index contributed by atoms with van der Waals surface area (Å²) < 4.78 is 0. The summed E-state index contributed by atoms with van der Waals surface area (Å²) in [5.41, 5.74) is 1.25. The summed E-state index contributed by atoms with van der Waals surface area (Å²) in [5, 5.41) is 13.6. The highest BCUT2D eigenvalue weighted by atomic mass is 35.5. The highest BCUT2D eigenvalue weighted by molar-refractivity contribution is 8.04. The zero-order valence-electron chi connectivity index (χ0n) is 16.0. The van der Waals surface area contributed by atoms with E-state index in [2.05, 4.69) is 5.32 Å². The summed E-state index contributed by atoms with van der Waals surface area (Å²) in [7, 11) is 0. The summed E-state index contributed by atoms with van der Waals surface area (Å²) in [4.78, 5) is 28.7. The molecule has 0 unspecified atom stereocenters. The first-order valence-corrected chi connectivity index (χ1v) is 10.8. The molecule has 1 aliphatic rings. The Balaban J connectivity index is 1.68. The Morgan fingerprint density at radius 3 is 2.39 bits per heavy atom. The molecule has 0 aliphatic carbocycles. The molecule has 1 aliphatic heterocycles. The Bertz CT molecular complexity index is 1200. The second-order valence-electron chi connectivity index (χ2n) is 6.73. The number of thioether (sulfide) groups is 1. The molecule has 8 heteroatoms. The SMILES string of the molecule is O=C1C(Nc2cccc(O)c2)=C(Sc2ccccc2)C(=O)N1Cc1ccc(Cl)cc1Cl. The number of rotatable bonds is 6. The van der Waals surface area contributed by atoms with Crippen molar-refractivity contribution >= 4 is 52.5 Å². The van der Waals surface area contributed by atoms with E-state index in [1.165, 1.54) is 23.9 Å². The predicted molar refractivity (Wildman–Crippen MR) is 123 cm³/mol. The third-order valence-corrected chi connectivity index (χ3v) is 6.23. The highest BCUT2D eigenvalue weighted by Gasteiger charge is 2.39. The quantitative estimate of drug-likeness (QED) is 0.453. The number of hydrogen-bond donors (Lipinski definition) is 2. The van der Waals surface area contributed by atoms with Gasteiger partial charge in [-0.25, -0.2) is 0 Å². The van der Waals surface area contributed by atoms with Crippen LogP contribution in [-0.4, -0.2) is 21.8 Å². The molecule has 2 amide bonds. The third kappa shape index (κ3) is 4.71. The van der Waals surface area contributed by atoms with Gasteiger partial charge in [-0.1, -0.05) is 65.3 Å². The third-order valence-electron chi connectivity index (χ3n) is 4.55. The van der Waals surface area contributed by atoms with Crippen LogP contribution in [0.3, 0.4) is 0 Å². The number of amides is 2. The molecule has 3 aromatic carbocycles. The van der Waals surface area contributed by atoms with E-state index in [-0.39, 0.29) is 22.9 Å². The molecule has 0 atom stereocenters. The van der Waals surface area contributed by atoms with Crippen molar-refractivity contribution in [1.29, 1.82) is 0 Å². The lowest BCUT2D eigenvalue weighted by atomic mass is 10.2. The van der Waals surface area contributed by atoms with E-state index in [1.54, 1.807) is 30.3 Å². The van der Waals surface area contributed by atoms with Gasteiger partial charge in [0.15, 0.2) is 0 Å². The Kier molecular flexibility index (Phi) is 6.23. The standard InChI is InChI=1S/C23H16Cl2N2O3S/c24-15-10-9-14(19(25)11-15)13-27-22(29)20(26-16-5-4-6-17(28)12-16)21(23(27)30)31-18-7-2-1-3-8-18/h1-12,26,28H,13H2. The monoisotopic (exact) mass is 470 g/mol. The molecule has 2 N–H and O–H groups in total. The fourth-order valence-corrected chi connectivity index (χ4v) is 4.49. The van der Waals surface area contributed by atoms with Crippen LogP contribution in [0.2, 0.25) is 10.0 Å². The van der Waals surface area contributed by atoms with Crippen molar-refractivity contribution in [2.45, 2.75) is 11.4 Å². The van der Waals surface area contributed by atoms with Gasteiger partial charge < -0.3 is 10.4 Å². The average molecular weight is 471 g/mol. The van der Waals surface area contributed by atoms with Crippen LogP contribution in [0, 0.1) is 0 Å². The van der Waals surface area contributed by atoms with E-state index >= 15 is 0 Å². The number of imide groups is 1. The number of benzene rings is 3. The van der Waals surface area contributed by atoms with E-state index < -0.39 is 11.8 Å². The lowest BCUT2D eigenvalue weighted by Crippen LogP contribution is -2.32. The molecule has 5 nitrogen and oxygen atoms in total. The molecule has 0 bridgehead atoms. The molecule has 0 spiro atoms. The molecule has 156 valence electrons. The Morgan fingerprint density at radius 1 is 0.903 bits per heavy atom. The Labute approximate surface area is 193 Å². The first-order chi connectivity index (χ1) is 14.9. The fraction of sp³-hybridized carbons (Fsp3) is 0.0435. The van der Waals surface area contributed by atoms with Crippen molar-refractivity contribution in [1.82, 2.24) is 4.90 Å². The summed E-state index contributed by atoms with van der Waals surface area (Å²) in [6.45, 7) is 0.0116. The number of nitrogens with zero attached hydrogens (tertiary/aromatic N) is 1. The number of nitrogens with one attached hydrogen (secondary N) is 1. The topological polar surface area (TPSA) is 69.6 Å². The van der Waals surface area contributed by atoms with Crippen LogP contribution in [0.4, 0.5) is 5.69 Å². The first kappa shape index (κ1) is 21.3. The summed E-state index contributed by atoms with van der Waals surface area (Å²) in [6.07, 6.45) is 0. The van der Waals surface area contributed by atoms with E-state index in [9.17, 15) is 14.7 Å². The minimum Gasteiger partial charge on any atom is -0.508 e. The minimum atomic E-state index is -0.474. The lowest BCUT2D eigenvalue weighted by molar-refractivity contribution is -0.137. The largest absolute Gasteiger partial charge is 0.508 e. The van der Waals surface area contributed by atoms with Crippen molar-refractivity contribution in [3.63, 3.8) is 0 Å². The van der Waals surface area contributed by atoms with Gasteiger partial charge in [-0.3, -0.25) is 14.5 Å². The van der Waals surface area contributed by atoms with Gasteiger partial charge in [-0.2, -0.15) is 0 Å². The maximum Gasteiger partial charge on any atom is 0.278 e. The number of carbonyl (C=O) groups excluding carboxylic acids is 2. The van der Waals surface area contributed by atoms with Crippen molar-refractivity contribution < 1.29 is 14.7 Å². The number of hydrogen-bond acceptors (Lipinski definition) is 5. The van der Waals surface area contributed by atoms with Gasteiger partial charge in [0, 0.05) is 26.7 Å². The molecule has 3 aromatic rings. The molecule has 0 fully saturated rings. The molecule has 0 aromatic heterocycles. The maximum absolute atomic E-state index is 13.2. The highest BCUT2D eigenvalue weighted by Crippen LogP contribution is 2.37. The second kappa shape index (κ2) is 9.06. The smallest absolute Gasteiger partial charge is 0.278 e. The Hall–Kier alpha value is -2.93. The zero-order valence-corrected chi connectivity index (χ0v) is 18.3. The van der Waals surface area contributed by atoms with Crippen molar-refractivity contribution in [2.75, 3.05) is 5.32 Å². The minimum absolute atomic E-state index is 0.0116. The van der Waals surface area contributed by atoms with Gasteiger partial charge in [0.2, 0.25) is 0 Å². The van der Waals surface area contributed by atoms with Crippen molar-refractivity contribution in [2.24, 2.45) is 0 Å². The molecule has 4 rings (SSSR count). The molecule has 0 radical (unpaired) electrons. The number of halogens is 2. The molecule has 31 heavy (non-hydrogen) atoms. The maximum atomic E-state index is 13.2. The van der Waals surface area contributed by atoms with Crippen LogP contribution in [-0.2, 0) is 16.1 Å². The fourth-order valence-electron chi connectivity index (χ4n) is 3.06. The van der Waals surface area contributed by atoms with Crippen LogP contribution in [0.5, 0.6) is 5.75 Å².